The summed E-state index contributed by atoms with van der Waals surface area (Å²) in [7, 11) is 0. The van der Waals surface area contributed by atoms with E-state index in [1.807, 2.05) is 0 Å². The highest BCUT2D eigenvalue weighted by Gasteiger charge is 2.32. The number of nitrogens with zero attached hydrogens (tertiary/aromatic N) is 1. The van der Waals surface area contributed by atoms with Crippen molar-refractivity contribution in [3.8, 4) is 0 Å². The van der Waals surface area contributed by atoms with Gasteiger partial charge >= 0.3 is 0 Å². The van der Waals surface area contributed by atoms with Gasteiger partial charge in [0, 0.05) is 26.2 Å². The normalized spacial score (nSPS) is 17.2. The first-order valence-electron chi connectivity index (χ1n) is 6.07. The molecule has 0 aliphatic carbocycles. The van der Waals surface area contributed by atoms with Crippen molar-refractivity contribution in [2.45, 2.75) is 6.04 Å². The van der Waals surface area contributed by atoms with E-state index in [1.54, 1.807) is 4.90 Å². The predicted octanol–water partition coefficient (Wildman–Crippen LogP) is 2.94. The lowest BCUT2D eigenvalue weighted by molar-refractivity contribution is 0.193. The molecule has 2 rings (SSSR count). The molecule has 1 aromatic carbocycles. The van der Waals surface area contributed by atoms with Crippen molar-refractivity contribution in [3.63, 3.8) is 0 Å². The van der Waals surface area contributed by atoms with Crippen LogP contribution >= 0.6 is 12.4 Å². The van der Waals surface area contributed by atoms with Crippen LogP contribution in [0, 0.1) is 29.1 Å². The summed E-state index contributed by atoms with van der Waals surface area (Å²) in [6, 6.07) is -1.05. The van der Waals surface area contributed by atoms with Crippen molar-refractivity contribution in [1.29, 1.82) is 0 Å². The van der Waals surface area contributed by atoms with Crippen LogP contribution < -0.4 is 5.32 Å². The van der Waals surface area contributed by atoms with Crippen LogP contribution in [-0.2, 0) is 0 Å². The Balaban J connectivity index is 0.00000220. The minimum absolute atomic E-state index is 0. The Morgan fingerprint density at radius 1 is 0.905 bits per heavy atom. The fraction of sp³-hybridized carbons (Fsp3) is 0.385. The number of nitrogens with one attached hydrogen (secondary N) is 1. The van der Waals surface area contributed by atoms with Crippen molar-refractivity contribution < 1.29 is 22.0 Å². The number of benzene rings is 1. The molecule has 0 radical (unpaired) electrons. The molecule has 1 aliphatic heterocycles. The lowest BCUT2D eigenvalue weighted by atomic mass is 10.0. The number of piperazine rings is 1. The lowest BCUT2D eigenvalue weighted by Crippen LogP contribution is -2.45. The van der Waals surface area contributed by atoms with Gasteiger partial charge in [0.2, 0.25) is 5.82 Å². The van der Waals surface area contributed by atoms with Gasteiger partial charge in [-0.15, -0.1) is 19.0 Å². The smallest absolute Gasteiger partial charge is 0.200 e. The Labute approximate surface area is 125 Å². The topological polar surface area (TPSA) is 15.3 Å². The molecule has 118 valence electrons. The van der Waals surface area contributed by atoms with Gasteiger partial charge in [-0.05, 0) is 0 Å². The van der Waals surface area contributed by atoms with E-state index in [1.165, 1.54) is 6.08 Å². The largest absolute Gasteiger partial charge is 0.314 e. The van der Waals surface area contributed by atoms with E-state index in [9.17, 15) is 22.0 Å². The third-order valence-corrected chi connectivity index (χ3v) is 3.31. The third-order valence-electron chi connectivity index (χ3n) is 3.31. The summed E-state index contributed by atoms with van der Waals surface area (Å²) >= 11 is 0. The van der Waals surface area contributed by atoms with Crippen LogP contribution in [0.2, 0.25) is 0 Å². The van der Waals surface area contributed by atoms with Crippen LogP contribution in [0.5, 0.6) is 0 Å². The van der Waals surface area contributed by atoms with Gasteiger partial charge in [0.05, 0.1) is 11.6 Å². The Morgan fingerprint density at radius 3 is 1.76 bits per heavy atom. The summed E-state index contributed by atoms with van der Waals surface area (Å²) in [4.78, 5) is 1.61. The van der Waals surface area contributed by atoms with Crippen LogP contribution in [0.3, 0.4) is 0 Å². The van der Waals surface area contributed by atoms with Crippen LogP contribution in [0.25, 0.3) is 0 Å². The number of halogens is 6. The van der Waals surface area contributed by atoms with E-state index in [4.69, 9.17) is 0 Å². The molecule has 0 spiro atoms. The summed E-state index contributed by atoms with van der Waals surface area (Å²) < 4.78 is 67.1. The Bertz CT molecular complexity index is 503. The predicted molar refractivity (Wildman–Crippen MR) is 70.9 cm³/mol. The standard InChI is InChI=1S/C13H13F5N2.ClH/c1-2-7(20-5-3-19-4-6-20)8-9(14)11(16)13(18)12(17)10(8)15;/h2,7,19H,1,3-6H2;1H/t7-;/m1./s1. The van der Waals surface area contributed by atoms with Gasteiger partial charge in [0.15, 0.2) is 23.3 Å². The fourth-order valence-corrected chi connectivity index (χ4v) is 2.29. The second-order valence-electron chi connectivity index (χ2n) is 4.45. The van der Waals surface area contributed by atoms with E-state index < -0.39 is 40.7 Å². The summed E-state index contributed by atoms with van der Waals surface area (Å²) in [6.45, 7) is 5.43. The molecule has 1 saturated heterocycles. The van der Waals surface area contributed by atoms with Crippen molar-refractivity contribution >= 4 is 12.4 Å². The highest BCUT2D eigenvalue weighted by molar-refractivity contribution is 5.85. The van der Waals surface area contributed by atoms with Gasteiger partial charge < -0.3 is 5.32 Å². The Kier molecular flexibility index (Phi) is 6.12. The molecule has 0 unspecified atom stereocenters. The average Bonchev–Trinajstić information content (AvgIpc) is 2.48. The second-order valence-corrected chi connectivity index (χ2v) is 4.45. The molecule has 21 heavy (non-hydrogen) atoms. The molecule has 2 nitrogen and oxygen atoms in total. The molecule has 1 heterocycles. The molecule has 0 aromatic heterocycles. The molecule has 1 atom stereocenters. The highest BCUT2D eigenvalue weighted by Crippen LogP contribution is 2.31. The zero-order chi connectivity index (χ0) is 14.9. The SMILES string of the molecule is C=C[C@H](c1c(F)c(F)c(F)c(F)c1F)N1CCNCC1.Cl. The van der Waals surface area contributed by atoms with Crippen molar-refractivity contribution in [3.05, 3.63) is 47.3 Å². The summed E-state index contributed by atoms with van der Waals surface area (Å²) in [5, 5.41) is 3.03. The van der Waals surface area contributed by atoms with Gasteiger partial charge in [0.25, 0.3) is 0 Å². The highest BCUT2D eigenvalue weighted by atomic mass is 35.5. The Hall–Kier alpha value is -1.18. The third kappa shape index (κ3) is 3.20. The molecule has 0 bridgehead atoms. The molecular weight excluding hydrogens is 315 g/mol. The molecule has 1 aromatic rings. The quantitative estimate of drug-likeness (QED) is 0.397. The number of rotatable bonds is 3. The van der Waals surface area contributed by atoms with Crippen molar-refractivity contribution in [2.24, 2.45) is 0 Å². The molecule has 0 amide bonds. The van der Waals surface area contributed by atoms with Crippen LogP contribution in [0.1, 0.15) is 11.6 Å². The molecule has 1 N–H and O–H groups in total. The molecular formula is C13H14ClF5N2. The van der Waals surface area contributed by atoms with Crippen LogP contribution in [0.15, 0.2) is 12.7 Å². The van der Waals surface area contributed by atoms with Gasteiger partial charge in [-0.1, -0.05) is 6.08 Å². The fourth-order valence-electron chi connectivity index (χ4n) is 2.29. The maximum Gasteiger partial charge on any atom is 0.200 e. The van der Waals surface area contributed by atoms with E-state index in [2.05, 4.69) is 11.9 Å². The van der Waals surface area contributed by atoms with E-state index in [-0.39, 0.29) is 12.4 Å². The summed E-state index contributed by atoms with van der Waals surface area (Å²) in [5.74, 6) is -9.61. The van der Waals surface area contributed by atoms with E-state index >= 15 is 0 Å². The molecule has 1 fully saturated rings. The lowest BCUT2D eigenvalue weighted by Gasteiger charge is -2.33. The summed E-state index contributed by atoms with van der Waals surface area (Å²) in [6.07, 6.45) is 1.18. The average molecular weight is 329 g/mol. The van der Waals surface area contributed by atoms with Gasteiger partial charge in [-0.25, -0.2) is 22.0 Å². The Morgan fingerprint density at radius 2 is 1.33 bits per heavy atom. The van der Waals surface area contributed by atoms with Crippen molar-refractivity contribution in [2.75, 3.05) is 26.2 Å². The summed E-state index contributed by atoms with van der Waals surface area (Å²) in [5.41, 5.74) is -0.849. The minimum atomic E-state index is -2.15. The number of hydrogen-bond donors (Lipinski definition) is 1. The first-order valence-corrected chi connectivity index (χ1v) is 6.07. The van der Waals surface area contributed by atoms with E-state index in [0.29, 0.717) is 26.2 Å². The van der Waals surface area contributed by atoms with Crippen molar-refractivity contribution in [1.82, 2.24) is 10.2 Å². The van der Waals surface area contributed by atoms with Crippen LogP contribution in [0.4, 0.5) is 22.0 Å². The zero-order valence-electron chi connectivity index (χ0n) is 10.9. The second kappa shape index (κ2) is 7.20. The first kappa shape index (κ1) is 17.9. The first-order chi connectivity index (χ1) is 9.49. The van der Waals surface area contributed by atoms with Gasteiger partial charge in [-0.2, -0.15) is 0 Å². The maximum absolute atomic E-state index is 13.8. The number of hydrogen-bond acceptors (Lipinski definition) is 2. The molecule has 0 saturated carbocycles. The monoisotopic (exact) mass is 328 g/mol. The molecule has 8 heteroatoms. The molecule has 1 aliphatic rings. The van der Waals surface area contributed by atoms with Gasteiger partial charge in [0.1, 0.15) is 0 Å². The van der Waals surface area contributed by atoms with E-state index in [0.717, 1.165) is 0 Å². The van der Waals surface area contributed by atoms with Crippen LogP contribution in [-0.4, -0.2) is 31.1 Å². The minimum Gasteiger partial charge on any atom is -0.314 e. The zero-order valence-corrected chi connectivity index (χ0v) is 11.8. The van der Waals surface area contributed by atoms with Gasteiger partial charge in [-0.3, -0.25) is 4.90 Å². The maximum atomic E-state index is 13.8.